The lowest BCUT2D eigenvalue weighted by Crippen LogP contribution is -2.56. The van der Waals surface area contributed by atoms with E-state index >= 15 is 0 Å². The van der Waals surface area contributed by atoms with E-state index in [1.807, 2.05) is 4.90 Å². The molecule has 0 spiro atoms. The highest BCUT2D eigenvalue weighted by atomic mass is 19.2. The second-order valence-corrected chi connectivity index (χ2v) is 9.43. The third-order valence-corrected chi connectivity index (χ3v) is 6.46. The number of rotatable bonds is 8. The first-order valence-corrected chi connectivity index (χ1v) is 12.0. The number of hydrogen-bond acceptors (Lipinski definition) is 8. The molecular weight excluding hydrogens is 480 g/mol. The van der Waals surface area contributed by atoms with Gasteiger partial charge >= 0.3 is 6.09 Å². The molecule has 0 bridgehead atoms. The Labute approximate surface area is 209 Å². The van der Waals surface area contributed by atoms with Crippen LogP contribution >= 0.6 is 0 Å². The molecule has 202 valence electrons. The van der Waals surface area contributed by atoms with Crippen molar-refractivity contribution in [2.75, 3.05) is 72.7 Å². The number of β-amino-alcohol motifs (C(OH)–C–C–N with tert-alkyl or cyclic N) is 2. The standard InChI is InChI=1S/C24H35F2N3O7/c1-3-35-22(31)28-9-7-23(32,8-10-28)14-27-11-12-29(20(30)13-34-2)16-24(33,15-27)17-36-19-6-4-5-18(25)21(19)26/h4-6,32-33H,3,7-17H2,1-2H3. The number of carbonyl (C=O) groups excluding carboxylic acids is 2. The van der Waals surface area contributed by atoms with Gasteiger partial charge in [0.15, 0.2) is 11.6 Å². The lowest BCUT2D eigenvalue weighted by atomic mass is 9.90. The normalized spacial score (nSPS) is 22.7. The van der Waals surface area contributed by atoms with Gasteiger partial charge in [0.05, 0.1) is 18.8 Å². The molecule has 12 heteroatoms. The molecule has 0 radical (unpaired) electrons. The summed E-state index contributed by atoms with van der Waals surface area (Å²) < 4.78 is 43.1. The minimum Gasteiger partial charge on any atom is -0.487 e. The summed E-state index contributed by atoms with van der Waals surface area (Å²) in [5, 5.41) is 22.7. The number of carbonyl (C=O) groups is 2. The van der Waals surface area contributed by atoms with Crippen molar-refractivity contribution in [2.24, 2.45) is 0 Å². The molecule has 2 aliphatic rings. The molecule has 2 aliphatic heterocycles. The van der Waals surface area contributed by atoms with E-state index in [0.717, 1.165) is 6.07 Å². The number of ether oxygens (including phenoxy) is 3. The van der Waals surface area contributed by atoms with Gasteiger partial charge in [0.1, 0.15) is 18.8 Å². The van der Waals surface area contributed by atoms with Crippen LogP contribution in [0.1, 0.15) is 19.8 Å². The van der Waals surface area contributed by atoms with E-state index < -0.39 is 35.5 Å². The van der Waals surface area contributed by atoms with Gasteiger partial charge in [-0.3, -0.25) is 9.69 Å². The number of amides is 2. The van der Waals surface area contributed by atoms with Gasteiger partial charge in [-0.15, -0.1) is 0 Å². The van der Waals surface area contributed by atoms with Gasteiger partial charge in [0.2, 0.25) is 11.7 Å². The third-order valence-electron chi connectivity index (χ3n) is 6.46. The first-order valence-electron chi connectivity index (χ1n) is 12.0. The molecule has 2 amide bonds. The number of benzene rings is 1. The summed E-state index contributed by atoms with van der Waals surface area (Å²) in [4.78, 5) is 29.3. The predicted molar refractivity (Wildman–Crippen MR) is 124 cm³/mol. The van der Waals surface area contributed by atoms with E-state index in [0.29, 0.717) is 32.5 Å². The van der Waals surface area contributed by atoms with Gasteiger partial charge in [-0.25, -0.2) is 9.18 Å². The smallest absolute Gasteiger partial charge is 0.409 e. The van der Waals surface area contributed by atoms with E-state index in [1.54, 1.807) is 11.8 Å². The van der Waals surface area contributed by atoms with Gasteiger partial charge in [0, 0.05) is 46.4 Å². The third kappa shape index (κ3) is 7.25. The zero-order chi connectivity index (χ0) is 26.3. The van der Waals surface area contributed by atoms with Crippen LogP contribution in [0.15, 0.2) is 18.2 Å². The van der Waals surface area contributed by atoms with Crippen LogP contribution in [0.4, 0.5) is 13.6 Å². The molecular formula is C24H35F2N3O7. The van der Waals surface area contributed by atoms with Crippen molar-refractivity contribution in [3.63, 3.8) is 0 Å². The molecule has 2 fully saturated rings. The Kier molecular flexibility index (Phi) is 9.45. The van der Waals surface area contributed by atoms with Crippen molar-refractivity contribution < 1.29 is 42.8 Å². The van der Waals surface area contributed by atoms with Crippen molar-refractivity contribution in [1.82, 2.24) is 14.7 Å². The maximum Gasteiger partial charge on any atom is 0.409 e. The van der Waals surface area contributed by atoms with Crippen LogP contribution in [0.2, 0.25) is 0 Å². The molecule has 1 atom stereocenters. The fourth-order valence-corrected chi connectivity index (χ4v) is 4.60. The Morgan fingerprint density at radius 1 is 1.03 bits per heavy atom. The molecule has 0 saturated carbocycles. The second kappa shape index (κ2) is 12.1. The van der Waals surface area contributed by atoms with Crippen LogP contribution < -0.4 is 4.74 Å². The Hall–Kier alpha value is -2.54. The van der Waals surface area contributed by atoms with Crippen LogP contribution in [-0.2, 0) is 14.3 Å². The predicted octanol–water partition coefficient (Wildman–Crippen LogP) is 0.849. The number of hydrogen-bond donors (Lipinski definition) is 2. The summed E-state index contributed by atoms with van der Waals surface area (Å²) >= 11 is 0. The van der Waals surface area contributed by atoms with Crippen LogP contribution in [-0.4, -0.2) is 121 Å². The van der Waals surface area contributed by atoms with Gasteiger partial charge in [0.25, 0.3) is 0 Å². The van der Waals surface area contributed by atoms with Gasteiger partial charge in [-0.1, -0.05) is 6.07 Å². The molecule has 0 aromatic heterocycles. The Morgan fingerprint density at radius 3 is 2.42 bits per heavy atom. The van der Waals surface area contributed by atoms with Crippen molar-refractivity contribution in [3.05, 3.63) is 29.8 Å². The molecule has 3 rings (SSSR count). The van der Waals surface area contributed by atoms with Crippen LogP contribution in [0.25, 0.3) is 0 Å². The van der Waals surface area contributed by atoms with E-state index in [1.165, 1.54) is 24.1 Å². The Morgan fingerprint density at radius 2 is 1.75 bits per heavy atom. The van der Waals surface area contributed by atoms with E-state index in [4.69, 9.17) is 14.2 Å². The summed E-state index contributed by atoms with van der Waals surface area (Å²) in [6.45, 7) is 2.78. The minimum atomic E-state index is -1.64. The van der Waals surface area contributed by atoms with Gasteiger partial charge in [-0.2, -0.15) is 4.39 Å². The summed E-state index contributed by atoms with van der Waals surface area (Å²) in [5.41, 5.74) is -2.76. The largest absolute Gasteiger partial charge is 0.487 e. The van der Waals surface area contributed by atoms with E-state index in [2.05, 4.69) is 0 Å². The molecule has 0 aliphatic carbocycles. The maximum absolute atomic E-state index is 14.1. The number of likely N-dealkylation sites (tertiary alicyclic amines) is 1. The lowest BCUT2D eigenvalue weighted by Gasteiger charge is -2.41. The second-order valence-electron chi connectivity index (χ2n) is 9.43. The summed E-state index contributed by atoms with van der Waals surface area (Å²) in [5.74, 6) is -2.92. The maximum atomic E-state index is 14.1. The van der Waals surface area contributed by atoms with Crippen LogP contribution in [0.3, 0.4) is 0 Å². The molecule has 2 N–H and O–H groups in total. The topological polar surface area (TPSA) is 112 Å². The van der Waals surface area contributed by atoms with E-state index in [9.17, 15) is 28.6 Å². The monoisotopic (exact) mass is 515 g/mol. The summed E-state index contributed by atoms with van der Waals surface area (Å²) in [7, 11) is 1.39. The highest BCUT2D eigenvalue weighted by molar-refractivity contribution is 5.77. The number of nitrogens with zero attached hydrogens (tertiary/aromatic N) is 3. The average molecular weight is 516 g/mol. The van der Waals surface area contributed by atoms with Gasteiger partial charge < -0.3 is 34.2 Å². The number of halogens is 2. The minimum absolute atomic E-state index is 0.0184. The zero-order valence-electron chi connectivity index (χ0n) is 20.8. The Bertz CT molecular complexity index is 914. The van der Waals surface area contributed by atoms with Crippen molar-refractivity contribution in [1.29, 1.82) is 0 Å². The molecule has 1 aromatic rings. The summed E-state index contributed by atoms with van der Waals surface area (Å²) in [6.07, 6.45) is 0.216. The van der Waals surface area contributed by atoms with Crippen molar-refractivity contribution >= 4 is 12.0 Å². The summed E-state index contributed by atoms with van der Waals surface area (Å²) in [6, 6.07) is 3.51. The van der Waals surface area contributed by atoms with Crippen molar-refractivity contribution in [2.45, 2.75) is 31.0 Å². The Balaban J connectivity index is 1.71. The fourth-order valence-electron chi connectivity index (χ4n) is 4.60. The lowest BCUT2D eigenvalue weighted by molar-refractivity contribution is -0.138. The van der Waals surface area contributed by atoms with Crippen LogP contribution in [0, 0.1) is 11.6 Å². The van der Waals surface area contributed by atoms with Gasteiger partial charge in [-0.05, 0) is 31.9 Å². The average Bonchev–Trinajstić information content (AvgIpc) is 2.99. The molecule has 2 heterocycles. The number of piperidine rings is 1. The highest BCUT2D eigenvalue weighted by Crippen LogP contribution is 2.27. The molecule has 10 nitrogen and oxygen atoms in total. The number of aliphatic hydroxyl groups is 2. The first kappa shape index (κ1) is 28.0. The molecule has 1 aromatic carbocycles. The van der Waals surface area contributed by atoms with E-state index in [-0.39, 0.29) is 51.0 Å². The SMILES string of the molecule is CCOC(=O)N1CCC(O)(CN2CCN(C(=O)COC)CC(O)(COc3cccc(F)c3F)C2)CC1. The molecule has 36 heavy (non-hydrogen) atoms. The molecule has 2 saturated heterocycles. The van der Waals surface area contributed by atoms with Crippen molar-refractivity contribution in [3.8, 4) is 5.75 Å². The first-order chi connectivity index (χ1) is 17.1. The number of methoxy groups -OCH3 is 1. The highest BCUT2D eigenvalue weighted by Gasteiger charge is 2.42. The quantitative estimate of drug-likeness (QED) is 0.524. The zero-order valence-corrected chi connectivity index (χ0v) is 20.8. The molecule has 1 unspecified atom stereocenters. The fraction of sp³-hybridized carbons (Fsp3) is 0.667. The van der Waals surface area contributed by atoms with Crippen LogP contribution in [0.5, 0.6) is 5.75 Å².